The maximum absolute atomic E-state index is 10.1. The van der Waals surface area contributed by atoms with Crippen LogP contribution >= 0.6 is 0 Å². The van der Waals surface area contributed by atoms with Gasteiger partial charge in [0.15, 0.2) is 0 Å². The third-order valence-electron chi connectivity index (χ3n) is 3.02. The Labute approximate surface area is 102 Å². The van der Waals surface area contributed by atoms with Crippen molar-refractivity contribution in [2.45, 2.75) is 32.2 Å². The van der Waals surface area contributed by atoms with Crippen LogP contribution in [0.4, 0.5) is 0 Å². The maximum Gasteiger partial charge on any atom is 0.0918 e. The van der Waals surface area contributed by atoms with Crippen molar-refractivity contribution in [3.63, 3.8) is 0 Å². The van der Waals surface area contributed by atoms with Gasteiger partial charge in [-0.15, -0.1) is 0 Å². The number of morpholine rings is 1. The molecule has 0 spiro atoms. The summed E-state index contributed by atoms with van der Waals surface area (Å²) in [5.74, 6) is 0. The summed E-state index contributed by atoms with van der Waals surface area (Å²) in [6.07, 6.45) is 3.45. The van der Waals surface area contributed by atoms with Crippen LogP contribution in [0.15, 0.2) is 24.5 Å². The minimum atomic E-state index is -0.449. The Kier molecular flexibility index (Phi) is 4.10. The Balaban J connectivity index is 1.92. The van der Waals surface area contributed by atoms with E-state index >= 15 is 0 Å². The third-order valence-corrected chi connectivity index (χ3v) is 3.02. The lowest BCUT2D eigenvalue weighted by molar-refractivity contribution is -0.0767. The zero-order chi connectivity index (χ0) is 12.3. The Bertz CT molecular complexity index is 335. The number of nitrogens with zero attached hydrogens (tertiary/aromatic N) is 2. The van der Waals surface area contributed by atoms with Gasteiger partial charge in [0.05, 0.1) is 18.3 Å². The molecule has 0 bridgehead atoms. The lowest BCUT2D eigenvalue weighted by atomic mass is 10.1. The van der Waals surface area contributed by atoms with E-state index < -0.39 is 6.10 Å². The highest BCUT2D eigenvalue weighted by molar-refractivity contribution is 5.13. The number of aliphatic hydroxyl groups is 1. The number of ether oxygens (including phenoxy) is 1. The second-order valence-electron chi connectivity index (χ2n) is 4.77. The van der Waals surface area contributed by atoms with Crippen LogP contribution in [-0.4, -0.2) is 46.8 Å². The van der Waals surface area contributed by atoms with E-state index in [1.165, 1.54) is 0 Å². The predicted octanol–water partition coefficient (Wildman–Crippen LogP) is 1.22. The van der Waals surface area contributed by atoms with Gasteiger partial charge >= 0.3 is 0 Å². The number of aromatic nitrogens is 1. The van der Waals surface area contributed by atoms with E-state index in [0.29, 0.717) is 6.54 Å². The molecule has 17 heavy (non-hydrogen) atoms. The Morgan fingerprint density at radius 3 is 2.53 bits per heavy atom. The fraction of sp³-hybridized carbons (Fsp3) is 0.615. The molecule has 2 heterocycles. The van der Waals surface area contributed by atoms with Crippen molar-refractivity contribution in [3.05, 3.63) is 30.1 Å². The molecule has 1 aromatic heterocycles. The molecule has 0 saturated carbocycles. The molecule has 1 N–H and O–H groups in total. The smallest absolute Gasteiger partial charge is 0.0918 e. The Morgan fingerprint density at radius 1 is 1.35 bits per heavy atom. The number of rotatable bonds is 3. The number of pyridine rings is 1. The highest BCUT2D eigenvalue weighted by Crippen LogP contribution is 2.17. The van der Waals surface area contributed by atoms with Gasteiger partial charge in [0.25, 0.3) is 0 Å². The molecule has 1 saturated heterocycles. The molecule has 0 amide bonds. The molecule has 0 aliphatic carbocycles. The van der Waals surface area contributed by atoms with Crippen LogP contribution in [0.5, 0.6) is 0 Å². The largest absolute Gasteiger partial charge is 0.387 e. The fourth-order valence-corrected chi connectivity index (χ4v) is 2.37. The molecule has 1 aliphatic rings. The van der Waals surface area contributed by atoms with Crippen molar-refractivity contribution in [2.24, 2.45) is 0 Å². The average Bonchev–Trinajstić information content (AvgIpc) is 2.28. The molecular formula is C13H20N2O2. The molecule has 1 aromatic rings. The summed E-state index contributed by atoms with van der Waals surface area (Å²) in [7, 11) is 0. The minimum absolute atomic E-state index is 0.239. The lowest BCUT2D eigenvalue weighted by Crippen LogP contribution is -2.46. The van der Waals surface area contributed by atoms with E-state index in [-0.39, 0.29) is 12.2 Å². The molecule has 3 atom stereocenters. The average molecular weight is 236 g/mol. The zero-order valence-corrected chi connectivity index (χ0v) is 10.4. The summed E-state index contributed by atoms with van der Waals surface area (Å²) in [5, 5.41) is 10.1. The van der Waals surface area contributed by atoms with Gasteiger partial charge in [-0.1, -0.05) is 0 Å². The molecule has 0 aromatic carbocycles. The summed E-state index contributed by atoms with van der Waals surface area (Å²) in [6, 6.07) is 3.72. The van der Waals surface area contributed by atoms with Crippen molar-refractivity contribution < 1.29 is 9.84 Å². The molecule has 1 aliphatic heterocycles. The van der Waals surface area contributed by atoms with Crippen LogP contribution in [0.3, 0.4) is 0 Å². The van der Waals surface area contributed by atoms with Crippen molar-refractivity contribution in [1.82, 2.24) is 9.88 Å². The van der Waals surface area contributed by atoms with Crippen molar-refractivity contribution in [2.75, 3.05) is 19.6 Å². The second kappa shape index (κ2) is 5.58. The van der Waals surface area contributed by atoms with Gasteiger partial charge in [-0.25, -0.2) is 0 Å². The first-order chi connectivity index (χ1) is 8.15. The van der Waals surface area contributed by atoms with E-state index in [4.69, 9.17) is 4.74 Å². The Hall–Kier alpha value is -0.970. The van der Waals surface area contributed by atoms with Crippen LogP contribution in [0.1, 0.15) is 25.5 Å². The molecule has 2 rings (SSSR count). The third kappa shape index (κ3) is 3.49. The van der Waals surface area contributed by atoms with Gasteiger partial charge in [0.1, 0.15) is 0 Å². The number of hydrogen-bond donors (Lipinski definition) is 1. The van der Waals surface area contributed by atoms with E-state index in [1.54, 1.807) is 12.4 Å². The first kappa shape index (κ1) is 12.5. The fourth-order valence-electron chi connectivity index (χ4n) is 2.37. The summed E-state index contributed by atoms with van der Waals surface area (Å²) in [6.45, 7) is 6.56. The second-order valence-corrected chi connectivity index (χ2v) is 4.77. The Morgan fingerprint density at radius 2 is 1.94 bits per heavy atom. The number of aliphatic hydroxyl groups excluding tert-OH is 1. The minimum Gasteiger partial charge on any atom is -0.387 e. The lowest BCUT2D eigenvalue weighted by Gasteiger charge is -2.36. The van der Waals surface area contributed by atoms with Gasteiger partial charge < -0.3 is 9.84 Å². The zero-order valence-electron chi connectivity index (χ0n) is 10.4. The topological polar surface area (TPSA) is 45.6 Å². The molecule has 4 heteroatoms. The normalized spacial score (nSPS) is 27.9. The first-order valence-corrected chi connectivity index (χ1v) is 6.11. The summed E-state index contributed by atoms with van der Waals surface area (Å²) in [5.41, 5.74) is 0.923. The molecule has 3 unspecified atom stereocenters. The van der Waals surface area contributed by atoms with Crippen molar-refractivity contribution in [3.8, 4) is 0 Å². The van der Waals surface area contributed by atoms with Gasteiger partial charge in [-0.2, -0.15) is 0 Å². The molecular weight excluding hydrogens is 216 g/mol. The predicted molar refractivity (Wildman–Crippen MR) is 65.6 cm³/mol. The van der Waals surface area contributed by atoms with Crippen LogP contribution in [0.2, 0.25) is 0 Å². The van der Waals surface area contributed by atoms with Crippen LogP contribution in [0.25, 0.3) is 0 Å². The van der Waals surface area contributed by atoms with Crippen LogP contribution in [-0.2, 0) is 4.74 Å². The van der Waals surface area contributed by atoms with Gasteiger partial charge in [0.2, 0.25) is 0 Å². The summed E-state index contributed by atoms with van der Waals surface area (Å²) in [4.78, 5) is 6.21. The number of β-amino-alcohol motifs (C(OH)–C–C–N with tert-alkyl or cyclic N) is 1. The molecule has 4 nitrogen and oxygen atoms in total. The molecule has 0 radical (unpaired) electrons. The van der Waals surface area contributed by atoms with Crippen molar-refractivity contribution in [1.29, 1.82) is 0 Å². The highest BCUT2D eigenvalue weighted by atomic mass is 16.5. The maximum atomic E-state index is 10.1. The van der Waals surface area contributed by atoms with E-state index in [0.717, 1.165) is 18.7 Å². The summed E-state index contributed by atoms with van der Waals surface area (Å²) >= 11 is 0. The van der Waals surface area contributed by atoms with Crippen LogP contribution in [0, 0.1) is 0 Å². The number of hydrogen-bond acceptors (Lipinski definition) is 4. The molecule has 94 valence electrons. The SMILES string of the molecule is CC1CN(CC(O)c2ccncc2)CC(C)O1. The van der Waals surface area contributed by atoms with E-state index in [9.17, 15) is 5.11 Å². The molecule has 1 fully saturated rings. The monoisotopic (exact) mass is 236 g/mol. The van der Waals surface area contributed by atoms with Gasteiger partial charge in [-0.3, -0.25) is 9.88 Å². The highest BCUT2D eigenvalue weighted by Gasteiger charge is 2.24. The van der Waals surface area contributed by atoms with E-state index in [1.807, 2.05) is 12.1 Å². The van der Waals surface area contributed by atoms with Gasteiger partial charge in [0, 0.05) is 32.0 Å². The van der Waals surface area contributed by atoms with Gasteiger partial charge in [-0.05, 0) is 31.5 Å². The summed E-state index contributed by atoms with van der Waals surface area (Å²) < 4.78 is 5.67. The van der Waals surface area contributed by atoms with Crippen molar-refractivity contribution >= 4 is 0 Å². The van der Waals surface area contributed by atoms with E-state index in [2.05, 4.69) is 23.7 Å². The quantitative estimate of drug-likeness (QED) is 0.857. The first-order valence-electron chi connectivity index (χ1n) is 6.11. The van der Waals surface area contributed by atoms with Crippen LogP contribution < -0.4 is 0 Å². The standard InChI is InChI=1S/C13H20N2O2/c1-10-7-15(8-11(2)17-10)9-13(16)12-3-5-14-6-4-12/h3-6,10-11,13,16H,7-9H2,1-2H3.